The second kappa shape index (κ2) is 5.52. The van der Waals surface area contributed by atoms with Crippen molar-refractivity contribution in [3.05, 3.63) is 29.8 Å². The van der Waals surface area contributed by atoms with E-state index in [1.54, 1.807) is 24.1 Å². The second-order valence-electron chi connectivity index (χ2n) is 3.82. The van der Waals surface area contributed by atoms with Gasteiger partial charge in [-0.15, -0.1) is 12.4 Å². The van der Waals surface area contributed by atoms with Crippen molar-refractivity contribution in [1.82, 2.24) is 19.6 Å². The zero-order chi connectivity index (χ0) is 13.3. The molecule has 106 valence electrons. The Labute approximate surface area is 113 Å². The van der Waals surface area contributed by atoms with Crippen LogP contribution in [0.2, 0.25) is 0 Å². The van der Waals surface area contributed by atoms with Crippen molar-refractivity contribution in [2.24, 2.45) is 7.05 Å². The topological polar surface area (TPSA) is 47.7 Å². The van der Waals surface area contributed by atoms with E-state index in [4.69, 9.17) is 0 Å². The largest absolute Gasteiger partial charge is 0.435 e. The lowest BCUT2D eigenvalue weighted by Gasteiger charge is -2.01. The van der Waals surface area contributed by atoms with Crippen LogP contribution in [0.25, 0.3) is 0 Å². The number of hydrogen-bond acceptors (Lipinski definition) is 3. The van der Waals surface area contributed by atoms with Crippen LogP contribution >= 0.6 is 12.4 Å². The lowest BCUT2D eigenvalue weighted by atomic mass is 10.3. The van der Waals surface area contributed by atoms with Crippen LogP contribution in [0.15, 0.2) is 18.5 Å². The molecule has 0 aromatic carbocycles. The Kier molecular flexibility index (Phi) is 4.46. The van der Waals surface area contributed by atoms with Crippen molar-refractivity contribution < 1.29 is 13.2 Å². The molecule has 0 radical (unpaired) electrons. The van der Waals surface area contributed by atoms with Gasteiger partial charge in [0.2, 0.25) is 0 Å². The predicted octanol–water partition coefficient (Wildman–Crippen LogP) is 2.15. The highest BCUT2D eigenvalue weighted by molar-refractivity contribution is 5.85. The van der Waals surface area contributed by atoms with Crippen LogP contribution in [0, 0.1) is 0 Å². The molecule has 0 spiro atoms. The number of alkyl halides is 3. The van der Waals surface area contributed by atoms with E-state index in [9.17, 15) is 13.2 Å². The van der Waals surface area contributed by atoms with Crippen LogP contribution in [0.5, 0.6) is 0 Å². The molecule has 2 aromatic heterocycles. The smallest absolute Gasteiger partial charge is 0.386 e. The summed E-state index contributed by atoms with van der Waals surface area (Å²) < 4.78 is 40.2. The molecule has 5 nitrogen and oxygen atoms in total. The minimum absolute atomic E-state index is 0. The van der Waals surface area contributed by atoms with Crippen molar-refractivity contribution in [1.29, 1.82) is 0 Å². The van der Waals surface area contributed by atoms with Crippen molar-refractivity contribution >= 4 is 18.1 Å². The number of aromatic nitrogens is 4. The first-order valence-electron chi connectivity index (χ1n) is 5.20. The van der Waals surface area contributed by atoms with E-state index >= 15 is 0 Å². The minimum atomic E-state index is -4.42. The Morgan fingerprint density at radius 2 is 2.05 bits per heavy atom. The van der Waals surface area contributed by atoms with E-state index in [0.717, 1.165) is 11.8 Å². The Bertz CT molecular complexity index is 546. The van der Waals surface area contributed by atoms with Crippen LogP contribution < -0.4 is 5.32 Å². The summed E-state index contributed by atoms with van der Waals surface area (Å²) in [5.41, 5.74) is 0.349. The molecule has 2 aromatic rings. The molecule has 0 bridgehead atoms. The third-order valence-electron chi connectivity index (χ3n) is 2.51. The highest BCUT2D eigenvalue weighted by atomic mass is 35.5. The van der Waals surface area contributed by atoms with Gasteiger partial charge in [-0.25, -0.2) is 0 Å². The standard InChI is InChI=1S/C10H12F3N5.ClH/c1-14-7-4-15-18(5-7)6-8-3-9(10(11,12)13)16-17(8)2;/h3-5,14H,6H2,1-2H3;1H. The number of aryl methyl sites for hydroxylation is 1. The first-order chi connectivity index (χ1) is 8.40. The fourth-order valence-corrected chi connectivity index (χ4v) is 1.54. The van der Waals surface area contributed by atoms with Gasteiger partial charge >= 0.3 is 6.18 Å². The van der Waals surface area contributed by atoms with E-state index in [2.05, 4.69) is 15.5 Å². The Balaban J connectivity index is 0.00000180. The van der Waals surface area contributed by atoms with Gasteiger partial charge in [-0.2, -0.15) is 23.4 Å². The van der Waals surface area contributed by atoms with Crippen LogP contribution in [0.3, 0.4) is 0 Å². The molecule has 0 fully saturated rings. The highest BCUT2D eigenvalue weighted by Gasteiger charge is 2.34. The zero-order valence-corrected chi connectivity index (χ0v) is 11.1. The maximum Gasteiger partial charge on any atom is 0.435 e. The predicted molar refractivity (Wildman–Crippen MR) is 66.3 cm³/mol. The molecule has 0 saturated carbocycles. The molecule has 0 saturated heterocycles. The molecule has 0 atom stereocenters. The second-order valence-corrected chi connectivity index (χ2v) is 3.82. The van der Waals surface area contributed by atoms with Gasteiger partial charge in [-0.3, -0.25) is 9.36 Å². The SMILES string of the molecule is CNc1cnn(Cc2cc(C(F)(F)F)nn2C)c1.Cl. The number of halogens is 4. The van der Waals surface area contributed by atoms with Crippen molar-refractivity contribution in [3.8, 4) is 0 Å². The quantitative estimate of drug-likeness (QED) is 0.944. The van der Waals surface area contributed by atoms with E-state index < -0.39 is 11.9 Å². The average Bonchev–Trinajstić information content (AvgIpc) is 2.86. The van der Waals surface area contributed by atoms with Crippen LogP contribution in [0.1, 0.15) is 11.4 Å². The molecule has 2 rings (SSSR count). The van der Waals surface area contributed by atoms with Crippen LogP contribution in [-0.4, -0.2) is 26.6 Å². The van der Waals surface area contributed by atoms with Crippen LogP contribution in [-0.2, 0) is 19.8 Å². The molecule has 9 heteroatoms. The number of anilines is 1. The summed E-state index contributed by atoms with van der Waals surface area (Å²) in [5.74, 6) is 0. The number of rotatable bonds is 3. The molecule has 1 N–H and O–H groups in total. The van der Waals surface area contributed by atoms with Gasteiger partial charge in [0.15, 0.2) is 5.69 Å². The molecule has 2 heterocycles. The molecule has 0 aliphatic carbocycles. The van der Waals surface area contributed by atoms with E-state index in [-0.39, 0.29) is 19.0 Å². The van der Waals surface area contributed by atoms with Gasteiger partial charge in [0, 0.05) is 20.3 Å². The monoisotopic (exact) mass is 295 g/mol. The Morgan fingerprint density at radius 1 is 1.37 bits per heavy atom. The normalized spacial score (nSPS) is 11.2. The molecule has 0 unspecified atom stereocenters. The van der Waals surface area contributed by atoms with Crippen LogP contribution in [0.4, 0.5) is 18.9 Å². The Morgan fingerprint density at radius 3 is 2.53 bits per heavy atom. The van der Waals surface area contributed by atoms with Crippen molar-refractivity contribution in [3.63, 3.8) is 0 Å². The minimum Gasteiger partial charge on any atom is -0.386 e. The van der Waals surface area contributed by atoms with Gasteiger partial charge in [-0.05, 0) is 6.07 Å². The first-order valence-corrected chi connectivity index (χ1v) is 5.20. The maximum absolute atomic E-state index is 12.5. The number of nitrogens with zero attached hydrogens (tertiary/aromatic N) is 4. The van der Waals surface area contributed by atoms with E-state index in [0.29, 0.717) is 5.69 Å². The van der Waals surface area contributed by atoms with Gasteiger partial charge in [-0.1, -0.05) is 0 Å². The van der Waals surface area contributed by atoms with E-state index in [1.165, 1.54) is 11.7 Å². The summed E-state index contributed by atoms with van der Waals surface area (Å²) in [5, 5.41) is 10.4. The number of hydrogen-bond donors (Lipinski definition) is 1. The highest BCUT2D eigenvalue weighted by Crippen LogP contribution is 2.28. The summed E-state index contributed by atoms with van der Waals surface area (Å²) in [6.07, 6.45) is -1.11. The van der Waals surface area contributed by atoms with Gasteiger partial charge in [0.1, 0.15) is 0 Å². The third-order valence-corrected chi connectivity index (χ3v) is 2.51. The molecule has 0 amide bonds. The fourth-order valence-electron chi connectivity index (χ4n) is 1.54. The third kappa shape index (κ3) is 3.40. The summed E-state index contributed by atoms with van der Waals surface area (Å²) in [6, 6.07) is 1.03. The lowest BCUT2D eigenvalue weighted by molar-refractivity contribution is -0.141. The summed E-state index contributed by atoms with van der Waals surface area (Å²) in [4.78, 5) is 0. The summed E-state index contributed by atoms with van der Waals surface area (Å²) >= 11 is 0. The lowest BCUT2D eigenvalue weighted by Crippen LogP contribution is -2.07. The molecular weight excluding hydrogens is 283 g/mol. The first kappa shape index (κ1) is 15.4. The van der Waals surface area contributed by atoms with Gasteiger partial charge in [0.05, 0.1) is 24.1 Å². The van der Waals surface area contributed by atoms with Gasteiger partial charge < -0.3 is 5.32 Å². The zero-order valence-electron chi connectivity index (χ0n) is 10.3. The van der Waals surface area contributed by atoms with Gasteiger partial charge in [0.25, 0.3) is 0 Å². The van der Waals surface area contributed by atoms with Crippen molar-refractivity contribution in [2.45, 2.75) is 12.7 Å². The van der Waals surface area contributed by atoms with Crippen molar-refractivity contribution in [2.75, 3.05) is 12.4 Å². The maximum atomic E-state index is 12.5. The fraction of sp³-hybridized carbons (Fsp3) is 0.400. The molecule has 19 heavy (non-hydrogen) atoms. The average molecular weight is 296 g/mol. The Hall–Kier alpha value is -1.70. The molecule has 0 aliphatic heterocycles. The molecule has 0 aliphatic rings. The summed E-state index contributed by atoms with van der Waals surface area (Å²) in [6.45, 7) is 0.237. The summed E-state index contributed by atoms with van der Waals surface area (Å²) in [7, 11) is 3.22. The molecular formula is C10H13ClF3N5. The van der Waals surface area contributed by atoms with E-state index in [1.807, 2.05) is 0 Å². The number of nitrogens with one attached hydrogen (secondary N) is 1.